The van der Waals surface area contributed by atoms with Gasteiger partial charge in [0.15, 0.2) is 12.3 Å². The lowest BCUT2D eigenvalue weighted by atomic mass is 9.99. The number of furan rings is 1. The normalized spacial score (nSPS) is 15.8. The molecule has 0 fully saturated rings. The Morgan fingerprint density at radius 1 is 0.629 bits per heavy atom. The number of hydrogen-bond donors (Lipinski definition) is 1. The van der Waals surface area contributed by atoms with Gasteiger partial charge in [-0.2, -0.15) is 0 Å². The number of nitrogens with one attached hydrogen (secondary N) is 1. The summed E-state index contributed by atoms with van der Waals surface area (Å²) in [6.07, 6.45) is 4.48. The number of allylic oxidation sites excluding steroid dienone is 1. The van der Waals surface area contributed by atoms with Crippen molar-refractivity contribution in [1.82, 2.24) is 4.57 Å². The third-order valence-corrected chi connectivity index (χ3v) is 7.31. The van der Waals surface area contributed by atoms with Gasteiger partial charge in [0.2, 0.25) is 0 Å². The third kappa shape index (κ3) is 2.52. The molecular weight excluding hydrogens is 428 g/mol. The molecule has 35 heavy (non-hydrogen) atoms. The fourth-order valence-corrected chi connectivity index (χ4v) is 5.82. The summed E-state index contributed by atoms with van der Waals surface area (Å²) in [6, 6.07) is 36.5. The molecule has 1 aliphatic rings. The highest BCUT2D eigenvalue weighted by molar-refractivity contribution is 6.36. The predicted molar refractivity (Wildman–Crippen MR) is 145 cm³/mol. The van der Waals surface area contributed by atoms with Crippen molar-refractivity contribution in [3.63, 3.8) is 0 Å². The molecule has 1 N–H and O–H groups in total. The van der Waals surface area contributed by atoms with Crippen LogP contribution in [-0.4, -0.2) is 10.8 Å². The summed E-state index contributed by atoms with van der Waals surface area (Å²) >= 11 is 0. The first-order valence-electron chi connectivity index (χ1n) is 12.0. The number of para-hydroxylation sites is 2. The Balaban J connectivity index is 1.58. The fraction of sp³-hybridized carbons (Fsp3) is 0.0312. The molecule has 1 atom stereocenters. The smallest absolute Gasteiger partial charge is 0.197 e. The number of rotatable bonds is 2. The van der Waals surface area contributed by atoms with Crippen LogP contribution in [0.25, 0.3) is 60.2 Å². The van der Waals surface area contributed by atoms with E-state index in [1.165, 1.54) is 38.1 Å². The van der Waals surface area contributed by atoms with Crippen LogP contribution >= 0.6 is 0 Å². The summed E-state index contributed by atoms with van der Waals surface area (Å²) in [7, 11) is 0. The summed E-state index contributed by atoms with van der Waals surface area (Å²) in [5.41, 5.74) is 6.72. The second kappa shape index (κ2) is 6.94. The number of benzene rings is 5. The van der Waals surface area contributed by atoms with Gasteiger partial charge >= 0.3 is 0 Å². The molecular formula is C32H21N2O+. The molecule has 5 aromatic carbocycles. The average Bonchev–Trinajstić information content (AvgIpc) is 3.63. The van der Waals surface area contributed by atoms with Crippen molar-refractivity contribution >= 4 is 66.4 Å². The third-order valence-electron chi connectivity index (χ3n) is 7.31. The minimum atomic E-state index is 0.146. The number of aromatic nitrogens is 1. The van der Waals surface area contributed by atoms with Gasteiger partial charge in [0.1, 0.15) is 16.9 Å². The van der Waals surface area contributed by atoms with Crippen LogP contribution in [0.3, 0.4) is 0 Å². The van der Waals surface area contributed by atoms with Crippen molar-refractivity contribution in [3.8, 4) is 0 Å². The molecule has 0 saturated carbocycles. The minimum Gasteiger partial charge on any atom is -0.455 e. The van der Waals surface area contributed by atoms with Crippen LogP contribution in [0.2, 0.25) is 0 Å². The monoisotopic (exact) mass is 449 g/mol. The summed E-state index contributed by atoms with van der Waals surface area (Å²) in [4.78, 5) is 3.59. The first kappa shape index (κ1) is 18.8. The van der Waals surface area contributed by atoms with Crippen LogP contribution in [0.4, 0.5) is 0 Å². The van der Waals surface area contributed by atoms with Gasteiger partial charge in [0.05, 0.1) is 11.0 Å². The van der Waals surface area contributed by atoms with Gasteiger partial charge in [-0.25, -0.2) is 4.99 Å². The highest BCUT2D eigenvalue weighted by Gasteiger charge is 2.26. The molecule has 0 radical (unpaired) electrons. The van der Waals surface area contributed by atoms with Gasteiger partial charge in [-0.15, -0.1) is 0 Å². The van der Waals surface area contributed by atoms with Crippen molar-refractivity contribution in [2.45, 2.75) is 6.04 Å². The molecule has 0 spiro atoms. The predicted octanol–water partition coefficient (Wildman–Crippen LogP) is 6.59. The Hall–Kier alpha value is -4.63. The van der Waals surface area contributed by atoms with E-state index in [0.717, 1.165) is 27.6 Å². The van der Waals surface area contributed by atoms with Crippen LogP contribution in [0, 0.1) is 0 Å². The van der Waals surface area contributed by atoms with Gasteiger partial charge in [-0.3, -0.25) is 0 Å². The number of nitrogens with zero attached hydrogens (tertiary/aromatic N) is 1. The van der Waals surface area contributed by atoms with Crippen molar-refractivity contribution in [2.75, 3.05) is 0 Å². The zero-order valence-electron chi connectivity index (χ0n) is 18.9. The Kier molecular flexibility index (Phi) is 3.72. The Labute approximate surface area is 201 Å². The Morgan fingerprint density at radius 3 is 2.17 bits per heavy atom. The largest absolute Gasteiger partial charge is 0.455 e. The molecule has 0 bridgehead atoms. The maximum Gasteiger partial charge on any atom is 0.197 e. The van der Waals surface area contributed by atoms with Crippen molar-refractivity contribution in [1.29, 1.82) is 0 Å². The van der Waals surface area contributed by atoms with E-state index in [1.807, 2.05) is 6.07 Å². The van der Waals surface area contributed by atoms with Crippen LogP contribution < -0.4 is 4.99 Å². The lowest BCUT2D eigenvalue weighted by Crippen LogP contribution is -2.67. The maximum absolute atomic E-state index is 6.49. The van der Waals surface area contributed by atoms with Crippen LogP contribution in [-0.2, 0) is 0 Å². The zero-order chi connectivity index (χ0) is 22.9. The van der Waals surface area contributed by atoms with E-state index in [1.54, 1.807) is 0 Å². The van der Waals surface area contributed by atoms with Crippen LogP contribution in [0.1, 0.15) is 11.6 Å². The fourth-order valence-electron chi connectivity index (χ4n) is 5.82. The van der Waals surface area contributed by atoms with Crippen LogP contribution in [0.15, 0.2) is 114 Å². The molecule has 8 rings (SSSR count). The standard InChI is InChI=1S/C32H20N2O/c1-2-10-20(11-3-1)26-18-21(19-33-26)34-27-16-8-6-14-24(27)29-30-25-15-7-9-17-28(25)35-32(30)23-13-5-4-12-22(23)31(29)34/h1-19,26H/p+1. The van der Waals surface area contributed by atoms with Crippen LogP contribution in [0.5, 0.6) is 0 Å². The number of fused-ring (bicyclic) bond motifs is 10. The summed E-state index contributed by atoms with van der Waals surface area (Å²) in [6.45, 7) is 0. The van der Waals surface area contributed by atoms with Crippen molar-refractivity contribution in [2.24, 2.45) is 0 Å². The van der Waals surface area contributed by atoms with E-state index in [4.69, 9.17) is 4.42 Å². The van der Waals surface area contributed by atoms with Gasteiger partial charge in [0.25, 0.3) is 0 Å². The topological polar surface area (TPSA) is 32.0 Å². The lowest BCUT2D eigenvalue weighted by molar-refractivity contribution is -0.485. The second-order valence-electron chi connectivity index (χ2n) is 9.21. The first-order chi connectivity index (χ1) is 17.4. The second-order valence-corrected chi connectivity index (χ2v) is 9.21. The molecule has 1 unspecified atom stereocenters. The molecule has 0 saturated heterocycles. The van der Waals surface area contributed by atoms with E-state index in [2.05, 4.69) is 119 Å². The number of hydrogen-bond acceptors (Lipinski definition) is 1. The van der Waals surface area contributed by atoms with E-state index in [9.17, 15) is 0 Å². The van der Waals surface area contributed by atoms with Crippen molar-refractivity contribution < 1.29 is 9.41 Å². The van der Waals surface area contributed by atoms with Gasteiger partial charge in [-0.1, -0.05) is 91.0 Å². The lowest BCUT2D eigenvalue weighted by Gasteiger charge is -2.08. The van der Waals surface area contributed by atoms with E-state index in [0.29, 0.717) is 0 Å². The molecule has 2 aromatic heterocycles. The van der Waals surface area contributed by atoms with E-state index < -0.39 is 0 Å². The zero-order valence-corrected chi connectivity index (χ0v) is 18.9. The molecule has 164 valence electrons. The molecule has 1 aliphatic heterocycles. The minimum absolute atomic E-state index is 0.146. The summed E-state index contributed by atoms with van der Waals surface area (Å²) in [5, 5.41) is 7.17. The molecule has 3 heterocycles. The highest BCUT2D eigenvalue weighted by atomic mass is 16.3. The molecule has 7 aromatic rings. The van der Waals surface area contributed by atoms with Gasteiger partial charge in [0, 0.05) is 44.0 Å². The summed E-state index contributed by atoms with van der Waals surface area (Å²) in [5.74, 6) is 0. The highest BCUT2D eigenvalue weighted by Crippen LogP contribution is 2.45. The SMILES string of the molecule is C1=[NH+]C(c2ccccc2)C=C1n1c2ccccc2c2c3c4ccccc4oc3c3ccccc3c21. The van der Waals surface area contributed by atoms with Crippen molar-refractivity contribution in [3.05, 3.63) is 115 Å². The molecule has 0 amide bonds. The molecule has 3 heteroatoms. The van der Waals surface area contributed by atoms with E-state index >= 15 is 0 Å². The summed E-state index contributed by atoms with van der Waals surface area (Å²) < 4.78 is 8.91. The average molecular weight is 450 g/mol. The maximum atomic E-state index is 6.49. The quantitative estimate of drug-likeness (QED) is 0.317. The Bertz CT molecular complexity index is 2000. The van der Waals surface area contributed by atoms with Gasteiger partial charge in [-0.05, 0) is 12.1 Å². The first-order valence-corrected chi connectivity index (χ1v) is 12.0. The molecule has 3 nitrogen and oxygen atoms in total. The Morgan fingerprint density at radius 2 is 1.31 bits per heavy atom. The van der Waals surface area contributed by atoms with Gasteiger partial charge < -0.3 is 8.98 Å². The van der Waals surface area contributed by atoms with E-state index in [-0.39, 0.29) is 6.04 Å². The molecule has 0 aliphatic carbocycles.